The van der Waals surface area contributed by atoms with Crippen molar-refractivity contribution in [2.24, 2.45) is 0 Å². The van der Waals surface area contributed by atoms with Gasteiger partial charge in [0, 0.05) is 6.07 Å². The summed E-state index contributed by atoms with van der Waals surface area (Å²) in [6, 6.07) is 2.28. The molecule has 0 saturated heterocycles. The van der Waals surface area contributed by atoms with Crippen molar-refractivity contribution in [3.63, 3.8) is 0 Å². The van der Waals surface area contributed by atoms with Crippen molar-refractivity contribution in [3.8, 4) is 11.8 Å². The summed E-state index contributed by atoms with van der Waals surface area (Å²) in [7, 11) is 0.941. The normalized spacial score (nSPS) is 10.6. The molecular weight excluding hydrogens is 255 g/mol. The number of carbonyl (C=O) groups is 1. The van der Waals surface area contributed by atoms with E-state index in [0.29, 0.717) is 0 Å². The van der Waals surface area contributed by atoms with Crippen LogP contribution in [-0.4, -0.2) is 24.4 Å². The van der Waals surface area contributed by atoms with Crippen molar-refractivity contribution >= 4 is 11.8 Å². The number of rotatable bonds is 2. The molecule has 2 N–H and O–H groups in total. The molecule has 0 saturated carbocycles. The highest BCUT2D eigenvalue weighted by atomic mass is 19.4. The largest absolute Gasteiger partial charge is 0.573 e. The van der Waals surface area contributed by atoms with Crippen LogP contribution in [0.5, 0.6) is 5.75 Å². The molecule has 0 atom stereocenters. The van der Waals surface area contributed by atoms with Crippen LogP contribution in [0.4, 0.5) is 19.0 Å². The molecule has 0 radical (unpaired) electrons. The number of methoxy groups -OCH3 is 1. The Labute approximate surface area is 98.7 Å². The third-order valence-electron chi connectivity index (χ3n) is 1.71. The maximum absolute atomic E-state index is 12.2. The van der Waals surface area contributed by atoms with E-state index >= 15 is 0 Å². The van der Waals surface area contributed by atoms with Crippen LogP contribution < -0.4 is 10.5 Å². The lowest BCUT2D eigenvalue weighted by atomic mass is 10.2. The molecule has 9 heteroatoms. The summed E-state index contributed by atoms with van der Waals surface area (Å²) in [5, 5.41) is 8.69. The van der Waals surface area contributed by atoms with Crippen molar-refractivity contribution < 1.29 is 27.4 Å². The smallest absolute Gasteiger partial charge is 0.464 e. The second-order valence-electron chi connectivity index (χ2n) is 2.92. The highest BCUT2D eigenvalue weighted by molar-refractivity contribution is 5.91. The van der Waals surface area contributed by atoms with E-state index in [9.17, 15) is 18.0 Å². The number of nitrogens with two attached hydrogens (primary N) is 1. The number of nitrogens with zero attached hydrogens (tertiary/aromatic N) is 2. The first-order valence-corrected chi connectivity index (χ1v) is 4.33. The molecule has 0 aromatic carbocycles. The van der Waals surface area contributed by atoms with Crippen LogP contribution in [0.15, 0.2) is 6.07 Å². The topological polar surface area (TPSA) is 98.2 Å². The molecule has 6 nitrogen and oxygen atoms in total. The van der Waals surface area contributed by atoms with E-state index in [1.54, 1.807) is 0 Å². The highest BCUT2D eigenvalue weighted by Crippen LogP contribution is 2.30. The number of nitrogen functional groups attached to an aromatic ring is 1. The Bertz CT molecular complexity index is 522. The molecule has 96 valence electrons. The van der Waals surface area contributed by atoms with E-state index in [2.05, 4.69) is 14.5 Å². The fourth-order valence-electron chi connectivity index (χ4n) is 1.09. The van der Waals surface area contributed by atoms with Gasteiger partial charge in [-0.3, -0.25) is 0 Å². The number of pyridine rings is 1. The molecule has 0 unspecified atom stereocenters. The molecule has 0 amide bonds. The Balaban J connectivity index is 3.44. The summed E-state index contributed by atoms with van der Waals surface area (Å²) in [5.74, 6) is -2.54. The van der Waals surface area contributed by atoms with Crippen molar-refractivity contribution in [1.82, 2.24) is 4.98 Å². The Hall–Kier alpha value is -2.50. The predicted molar refractivity (Wildman–Crippen MR) is 51.4 cm³/mol. The highest BCUT2D eigenvalue weighted by Gasteiger charge is 2.35. The SMILES string of the molecule is COC(=O)c1nc(N)cc(C#N)c1OC(F)(F)F. The van der Waals surface area contributed by atoms with Gasteiger partial charge in [-0.15, -0.1) is 13.2 Å². The molecule has 1 aromatic heterocycles. The van der Waals surface area contributed by atoms with Gasteiger partial charge in [0.15, 0.2) is 11.4 Å². The zero-order chi connectivity index (χ0) is 13.9. The van der Waals surface area contributed by atoms with Crippen molar-refractivity contribution in [3.05, 3.63) is 17.3 Å². The van der Waals surface area contributed by atoms with Gasteiger partial charge in [0.25, 0.3) is 0 Å². The third-order valence-corrected chi connectivity index (χ3v) is 1.71. The number of nitriles is 1. The summed E-state index contributed by atoms with van der Waals surface area (Å²) in [6.07, 6.45) is -5.08. The number of ether oxygens (including phenoxy) is 2. The van der Waals surface area contributed by atoms with Gasteiger partial charge in [-0.05, 0) is 0 Å². The van der Waals surface area contributed by atoms with E-state index in [1.807, 2.05) is 0 Å². The minimum absolute atomic E-state index is 0.304. The molecule has 0 spiro atoms. The van der Waals surface area contributed by atoms with Crippen LogP contribution in [0, 0.1) is 11.3 Å². The molecule has 0 bridgehead atoms. The molecule has 18 heavy (non-hydrogen) atoms. The number of esters is 1. The van der Waals surface area contributed by atoms with Gasteiger partial charge in [0.05, 0.1) is 7.11 Å². The second kappa shape index (κ2) is 4.79. The Morgan fingerprint density at radius 1 is 1.56 bits per heavy atom. The lowest BCUT2D eigenvalue weighted by molar-refractivity contribution is -0.274. The summed E-state index contributed by atoms with van der Waals surface area (Å²) in [5.41, 5.74) is 3.87. The van der Waals surface area contributed by atoms with Crippen LogP contribution in [0.1, 0.15) is 16.1 Å². The zero-order valence-electron chi connectivity index (χ0n) is 8.91. The number of anilines is 1. The first-order valence-electron chi connectivity index (χ1n) is 4.33. The Kier molecular flexibility index (Phi) is 3.61. The maximum Gasteiger partial charge on any atom is 0.573 e. The van der Waals surface area contributed by atoms with Crippen molar-refractivity contribution in [1.29, 1.82) is 5.26 Å². The van der Waals surface area contributed by atoms with E-state index < -0.39 is 29.3 Å². The van der Waals surface area contributed by atoms with E-state index in [4.69, 9.17) is 11.0 Å². The lowest BCUT2D eigenvalue weighted by Gasteiger charge is -2.13. The average Bonchev–Trinajstić information content (AvgIpc) is 2.28. The number of aromatic nitrogens is 1. The quantitative estimate of drug-likeness (QED) is 0.803. The minimum Gasteiger partial charge on any atom is -0.464 e. The fourth-order valence-corrected chi connectivity index (χ4v) is 1.09. The monoisotopic (exact) mass is 261 g/mol. The molecule has 0 aliphatic rings. The molecule has 0 fully saturated rings. The minimum atomic E-state index is -5.08. The van der Waals surface area contributed by atoms with E-state index in [0.717, 1.165) is 13.2 Å². The number of hydrogen-bond donors (Lipinski definition) is 1. The maximum atomic E-state index is 12.2. The summed E-state index contributed by atoms with van der Waals surface area (Å²) in [6.45, 7) is 0. The van der Waals surface area contributed by atoms with Gasteiger partial charge in [-0.2, -0.15) is 5.26 Å². The molecule has 1 heterocycles. The van der Waals surface area contributed by atoms with Gasteiger partial charge in [-0.1, -0.05) is 0 Å². The summed E-state index contributed by atoms with van der Waals surface area (Å²) >= 11 is 0. The standard InChI is InChI=1S/C9H6F3N3O3/c1-17-8(16)6-7(18-9(10,11)12)4(3-13)2-5(14)15-6/h2H,1H3,(H2,14,15). The Morgan fingerprint density at radius 3 is 2.61 bits per heavy atom. The number of hydrogen-bond acceptors (Lipinski definition) is 6. The first kappa shape index (κ1) is 13.6. The Morgan fingerprint density at radius 2 is 2.17 bits per heavy atom. The van der Waals surface area contributed by atoms with E-state index in [-0.39, 0.29) is 5.82 Å². The number of halogens is 3. The lowest BCUT2D eigenvalue weighted by Crippen LogP contribution is -2.21. The first-order chi connectivity index (χ1) is 8.28. The molecule has 1 aromatic rings. The van der Waals surface area contributed by atoms with Crippen molar-refractivity contribution in [2.45, 2.75) is 6.36 Å². The second-order valence-corrected chi connectivity index (χ2v) is 2.92. The molecular formula is C9H6F3N3O3. The molecule has 0 aliphatic carbocycles. The average molecular weight is 261 g/mol. The van der Waals surface area contributed by atoms with Crippen LogP contribution in [0.25, 0.3) is 0 Å². The zero-order valence-corrected chi connectivity index (χ0v) is 8.91. The summed E-state index contributed by atoms with van der Waals surface area (Å²) < 4.78 is 44.3. The number of alkyl halides is 3. The molecule has 0 aliphatic heterocycles. The van der Waals surface area contributed by atoms with Crippen LogP contribution in [0.2, 0.25) is 0 Å². The van der Waals surface area contributed by atoms with E-state index in [1.165, 1.54) is 6.07 Å². The predicted octanol–water partition coefficient (Wildman–Crippen LogP) is 1.22. The van der Waals surface area contributed by atoms with Gasteiger partial charge in [-0.25, -0.2) is 9.78 Å². The number of carbonyl (C=O) groups excluding carboxylic acids is 1. The summed E-state index contributed by atoms with van der Waals surface area (Å²) in [4.78, 5) is 14.6. The fraction of sp³-hybridized carbons (Fsp3) is 0.222. The van der Waals surface area contributed by atoms with Crippen LogP contribution >= 0.6 is 0 Å². The van der Waals surface area contributed by atoms with Crippen LogP contribution in [0.3, 0.4) is 0 Å². The van der Waals surface area contributed by atoms with Gasteiger partial charge in [0.1, 0.15) is 17.5 Å². The van der Waals surface area contributed by atoms with Crippen molar-refractivity contribution in [2.75, 3.05) is 12.8 Å². The molecule has 1 rings (SSSR count). The van der Waals surface area contributed by atoms with Crippen LogP contribution in [-0.2, 0) is 4.74 Å². The van der Waals surface area contributed by atoms with Gasteiger partial charge >= 0.3 is 12.3 Å². The third kappa shape index (κ3) is 3.00. The van der Waals surface area contributed by atoms with Gasteiger partial charge < -0.3 is 15.2 Å². The van der Waals surface area contributed by atoms with Gasteiger partial charge in [0.2, 0.25) is 0 Å².